The maximum absolute atomic E-state index is 13.2. The smallest absolute Gasteiger partial charge is 0.311 e. The predicted octanol–water partition coefficient (Wildman–Crippen LogP) is 2.83. The summed E-state index contributed by atoms with van der Waals surface area (Å²) in [6, 6.07) is 15.1. The molecule has 1 aliphatic heterocycles. The molecule has 130 valence electrons. The summed E-state index contributed by atoms with van der Waals surface area (Å²) in [4.78, 5) is 12.2. The number of carbonyl (C=O) groups is 1. The summed E-state index contributed by atoms with van der Waals surface area (Å²) in [5.41, 5.74) is 0.712. The first-order valence-corrected chi connectivity index (χ1v) is 9.68. The molecule has 1 saturated heterocycles. The highest BCUT2D eigenvalue weighted by Crippen LogP contribution is 2.68. The van der Waals surface area contributed by atoms with Gasteiger partial charge in [-0.1, -0.05) is 48.0 Å². The number of rotatable bonds is 4. The number of hydrogen-bond donors (Lipinski definition) is 1. The zero-order valence-electron chi connectivity index (χ0n) is 13.8. The first-order valence-electron chi connectivity index (χ1n) is 8.24. The van der Waals surface area contributed by atoms with Crippen molar-refractivity contribution in [3.8, 4) is 0 Å². The van der Waals surface area contributed by atoms with Crippen molar-refractivity contribution < 1.29 is 18.3 Å². The molecule has 5 nitrogen and oxygen atoms in total. The number of carboxylic acid groups (broad SMARTS) is 1. The molecule has 25 heavy (non-hydrogen) atoms. The monoisotopic (exact) mass is 357 g/mol. The van der Waals surface area contributed by atoms with Gasteiger partial charge in [-0.05, 0) is 37.0 Å². The Kier molecular flexibility index (Phi) is 3.53. The maximum Gasteiger partial charge on any atom is 0.311 e. The molecule has 0 radical (unpaired) electrons. The molecule has 4 rings (SSSR count). The summed E-state index contributed by atoms with van der Waals surface area (Å²) in [7, 11) is -3.76. The molecular weight excluding hydrogens is 338 g/mol. The van der Waals surface area contributed by atoms with Crippen LogP contribution in [0, 0.1) is 18.3 Å². The molecule has 3 unspecified atom stereocenters. The van der Waals surface area contributed by atoms with Gasteiger partial charge in [0.25, 0.3) is 0 Å². The minimum absolute atomic E-state index is 0.129. The number of sulfonamides is 1. The third-order valence-corrected chi connectivity index (χ3v) is 7.32. The van der Waals surface area contributed by atoms with Crippen molar-refractivity contribution in [2.45, 2.75) is 24.3 Å². The number of hydrogen-bond acceptors (Lipinski definition) is 3. The summed E-state index contributed by atoms with van der Waals surface area (Å²) in [6.45, 7) is 2.15. The first-order chi connectivity index (χ1) is 11.9. The summed E-state index contributed by atoms with van der Waals surface area (Å²) < 4.78 is 27.8. The first kappa shape index (κ1) is 16.3. The number of fused-ring (bicyclic) bond motifs is 1. The Morgan fingerprint density at radius 2 is 1.76 bits per heavy atom. The standard InChI is InChI=1S/C19H19NO4S/c1-13-7-9-16(10-8-13)25(23,24)20-12-15-11-19(15,18(21)22)17(20)14-5-3-2-4-6-14/h2-10,15,17H,11-12H2,1H3,(H,21,22). The SMILES string of the molecule is Cc1ccc(S(=O)(=O)N2CC3CC3(C(=O)O)C2c2ccccc2)cc1. The van der Waals surface area contributed by atoms with E-state index in [2.05, 4.69) is 0 Å². The van der Waals surface area contributed by atoms with Gasteiger partial charge in [0.2, 0.25) is 10.0 Å². The highest BCUT2D eigenvalue weighted by molar-refractivity contribution is 7.89. The second-order valence-electron chi connectivity index (χ2n) is 6.95. The van der Waals surface area contributed by atoms with Gasteiger partial charge in [0.15, 0.2) is 0 Å². The molecule has 0 amide bonds. The normalized spacial score (nSPS) is 28.5. The van der Waals surface area contributed by atoms with E-state index in [1.807, 2.05) is 37.3 Å². The van der Waals surface area contributed by atoms with Gasteiger partial charge < -0.3 is 5.11 Å². The Morgan fingerprint density at radius 3 is 2.36 bits per heavy atom. The van der Waals surface area contributed by atoms with Gasteiger partial charge in [0.05, 0.1) is 16.4 Å². The van der Waals surface area contributed by atoms with Crippen LogP contribution in [-0.2, 0) is 14.8 Å². The van der Waals surface area contributed by atoms with Gasteiger partial charge in [0, 0.05) is 6.54 Å². The van der Waals surface area contributed by atoms with E-state index in [4.69, 9.17) is 0 Å². The second kappa shape index (κ2) is 5.41. The summed E-state index contributed by atoms with van der Waals surface area (Å²) in [6.07, 6.45) is 0.530. The van der Waals surface area contributed by atoms with Crippen molar-refractivity contribution in [3.05, 3.63) is 65.7 Å². The molecule has 1 aliphatic carbocycles. The Labute approximate surface area is 147 Å². The Bertz CT molecular complexity index is 924. The van der Waals surface area contributed by atoms with Gasteiger partial charge in [-0.2, -0.15) is 4.31 Å². The fourth-order valence-corrected chi connectivity index (χ4v) is 5.77. The summed E-state index contributed by atoms with van der Waals surface area (Å²) in [5.74, 6) is -1.04. The van der Waals surface area contributed by atoms with Crippen LogP contribution in [0.1, 0.15) is 23.6 Å². The van der Waals surface area contributed by atoms with Crippen LogP contribution in [0.25, 0.3) is 0 Å². The molecule has 1 saturated carbocycles. The predicted molar refractivity (Wildman–Crippen MR) is 92.4 cm³/mol. The molecule has 2 aliphatic rings. The number of nitrogens with zero attached hydrogens (tertiary/aromatic N) is 1. The lowest BCUT2D eigenvalue weighted by Gasteiger charge is -2.30. The third kappa shape index (κ3) is 2.32. The van der Waals surface area contributed by atoms with Crippen molar-refractivity contribution in [1.82, 2.24) is 4.31 Å². The Balaban J connectivity index is 1.81. The van der Waals surface area contributed by atoms with E-state index < -0.39 is 27.4 Å². The van der Waals surface area contributed by atoms with Crippen LogP contribution in [0.4, 0.5) is 0 Å². The molecule has 2 fully saturated rings. The molecule has 0 aromatic heterocycles. The van der Waals surface area contributed by atoms with Crippen molar-refractivity contribution in [3.63, 3.8) is 0 Å². The van der Waals surface area contributed by atoms with E-state index in [-0.39, 0.29) is 17.4 Å². The number of benzene rings is 2. The van der Waals surface area contributed by atoms with Crippen LogP contribution in [-0.4, -0.2) is 30.3 Å². The van der Waals surface area contributed by atoms with Crippen LogP contribution in [0.2, 0.25) is 0 Å². The molecule has 0 spiro atoms. The van der Waals surface area contributed by atoms with E-state index in [1.54, 1.807) is 24.3 Å². The quantitative estimate of drug-likeness (QED) is 0.913. The fraction of sp³-hybridized carbons (Fsp3) is 0.316. The minimum atomic E-state index is -3.76. The largest absolute Gasteiger partial charge is 0.481 e. The molecule has 1 heterocycles. The van der Waals surface area contributed by atoms with Gasteiger partial charge in [0.1, 0.15) is 0 Å². The lowest BCUT2D eigenvalue weighted by atomic mass is 9.91. The van der Waals surface area contributed by atoms with E-state index in [0.29, 0.717) is 6.42 Å². The molecule has 3 atom stereocenters. The molecule has 2 aromatic carbocycles. The molecule has 0 bridgehead atoms. The van der Waals surface area contributed by atoms with E-state index in [0.717, 1.165) is 11.1 Å². The molecule has 6 heteroatoms. The minimum Gasteiger partial charge on any atom is -0.481 e. The number of piperidine rings is 1. The van der Waals surface area contributed by atoms with Crippen molar-refractivity contribution in [2.24, 2.45) is 11.3 Å². The fourth-order valence-electron chi connectivity index (χ4n) is 4.05. The zero-order chi connectivity index (χ0) is 17.8. The average Bonchev–Trinajstić information content (AvgIpc) is 3.22. The van der Waals surface area contributed by atoms with Gasteiger partial charge >= 0.3 is 5.97 Å². The van der Waals surface area contributed by atoms with Crippen LogP contribution in [0.15, 0.2) is 59.5 Å². The number of aryl methyl sites for hydroxylation is 1. The van der Waals surface area contributed by atoms with Crippen molar-refractivity contribution in [2.75, 3.05) is 6.54 Å². The van der Waals surface area contributed by atoms with Crippen LogP contribution >= 0.6 is 0 Å². The zero-order valence-corrected chi connectivity index (χ0v) is 14.6. The maximum atomic E-state index is 13.2. The van der Waals surface area contributed by atoms with Crippen LogP contribution in [0.3, 0.4) is 0 Å². The Morgan fingerprint density at radius 1 is 1.12 bits per heavy atom. The second-order valence-corrected chi connectivity index (χ2v) is 8.84. The van der Waals surface area contributed by atoms with Crippen LogP contribution < -0.4 is 0 Å². The van der Waals surface area contributed by atoms with Crippen molar-refractivity contribution >= 4 is 16.0 Å². The van der Waals surface area contributed by atoms with Crippen LogP contribution in [0.5, 0.6) is 0 Å². The average molecular weight is 357 g/mol. The van der Waals surface area contributed by atoms with E-state index >= 15 is 0 Å². The van der Waals surface area contributed by atoms with E-state index in [1.165, 1.54) is 4.31 Å². The van der Waals surface area contributed by atoms with Gasteiger partial charge in [-0.25, -0.2) is 8.42 Å². The van der Waals surface area contributed by atoms with Gasteiger partial charge in [-0.15, -0.1) is 0 Å². The Hall–Kier alpha value is -2.18. The highest BCUT2D eigenvalue weighted by Gasteiger charge is 2.73. The molecule has 2 aromatic rings. The topological polar surface area (TPSA) is 74.7 Å². The van der Waals surface area contributed by atoms with E-state index in [9.17, 15) is 18.3 Å². The number of carboxylic acids is 1. The summed E-state index contributed by atoms with van der Waals surface area (Å²) >= 11 is 0. The molecule has 1 N–H and O–H groups in total. The summed E-state index contributed by atoms with van der Waals surface area (Å²) in [5, 5.41) is 9.81. The number of aliphatic carboxylic acids is 1. The molecular formula is C19H19NO4S. The lowest BCUT2D eigenvalue weighted by molar-refractivity contribution is -0.144. The third-order valence-electron chi connectivity index (χ3n) is 5.47. The van der Waals surface area contributed by atoms with Crippen molar-refractivity contribution in [1.29, 1.82) is 0 Å². The lowest BCUT2D eigenvalue weighted by Crippen LogP contribution is -2.37. The highest BCUT2D eigenvalue weighted by atomic mass is 32.2. The van der Waals surface area contributed by atoms with Gasteiger partial charge in [-0.3, -0.25) is 4.79 Å².